The van der Waals surface area contributed by atoms with Gasteiger partial charge in [0, 0.05) is 24.9 Å². The van der Waals surface area contributed by atoms with E-state index in [9.17, 15) is 4.79 Å². The van der Waals surface area contributed by atoms with Crippen molar-refractivity contribution in [3.63, 3.8) is 0 Å². The number of likely N-dealkylation sites (tertiary alicyclic amines) is 1. The normalized spacial score (nSPS) is 23.4. The van der Waals surface area contributed by atoms with E-state index < -0.39 is 0 Å². The summed E-state index contributed by atoms with van der Waals surface area (Å²) in [5.74, 6) is 1.18. The van der Waals surface area contributed by atoms with Crippen molar-refractivity contribution in [1.29, 1.82) is 0 Å². The van der Waals surface area contributed by atoms with Crippen LogP contribution in [-0.2, 0) is 4.79 Å². The molecule has 0 aromatic heterocycles. The zero-order valence-electron chi connectivity index (χ0n) is 11.8. The number of halogens is 1. The minimum atomic E-state index is 0. The zero-order chi connectivity index (χ0) is 13.1. The molecule has 2 fully saturated rings. The van der Waals surface area contributed by atoms with Gasteiger partial charge in [0.2, 0.25) is 5.91 Å². The lowest BCUT2D eigenvalue weighted by Gasteiger charge is -2.26. The topological polar surface area (TPSA) is 32.3 Å². The number of hydrogen-bond acceptors (Lipinski definition) is 2. The molecular weight excluding hydrogens is 272 g/mol. The second-order valence-corrected chi connectivity index (χ2v) is 5.70. The van der Waals surface area contributed by atoms with Crippen molar-refractivity contribution in [3.8, 4) is 0 Å². The van der Waals surface area contributed by atoms with Crippen molar-refractivity contribution in [2.45, 2.75) is 25.2 Å². The third-order valence-electron chi connectivity index (χ3n) is 4.46. The Kier molecular flexibility index (Phi) is 5.44. The highest BCUT2D eigenvalue weighted by atomic mass is 35.5. The number of hydrogen-bond donors (Lipinski definition) is 1. The van der Waals surface area contributed by atoms with Crippen molar-refractivity contribution in [2.24, 2.45) is 5.92 Å². The van der Waals surface area contributed by atoms with Crippen molar-refractivity contribution >= 4 is 18.3 Å². The Labute approximate surface area is 127 Å². The summed E-state index contributed by atoms with van der Waals surface area (Å²) in [5.41, 5.74) is 1.38. The van der Waals surface area contributed by atoms with E-state index in [1.165, 1.54) is 5.56 Å². The monoisotopic (exact) mass is 294 g/mol. The van der Waals surface area contributed by atoms with Crippen LogP contribution in [0.4, 0.5) is 0 Å². The highest BCUT2D eigenvalue weighted by Gasteiger charge is 2.31. The Morgan fingerprint density at radius 2 is 1.80 bits per heavy atom. The average Bonchev–Trinajstić information content (AvgIpc) is 2.98. The van der Waals surface area contributed by atoms with Crippen LogP contribution in [0.2, 0.25) is 0 Å². The lowest BCUT2D eigenvalue weighted by molar-refractivity contribution is -0.135. The molecule has 1 atom stereocenters. The van der Waals surface area contributed by atoms with Gasteiger partial charge in [-0.2, -0.15) is 0 Å². The number of amides is 1. The van der Waals surface area contributed by atoms with Gasteiger partial charge in [-0.1, -0.05) is 30.3 Å². The molecule has 0 spiro atoms. The summed E-state index contributed by atoms with van der Waals surface area (Å²) in [5, 5.41) is 3.32. The van der Waals surface area contributed by atoms with Gasteiger partial charge >= 0.3 is 0 Å². The first-order valence-electron chi connectivity index (χ1n) is 7.39. The van der Waals surface area contributed by atoms with Crippen LogP contribution < -0.4 is 5.32 Å². The zero-order valence-corrected chi connectivity index (χ0v) is 12.6. The van der Waals surface area contributed by atoms with E-state index in [1.807, 2.05) is 0 Å². The standard InChI is InChI=1S/C16H22N2O.ClH/c19-16(14-6-9-17-10-7-14)18-11-8-15(12-18)13-4-2-1-3-5-13;/h1-5,14-15,17H,6-12H2;1H. The van der Waals surface area contributed by atoms with Gasteiger partial charge < -0.3 is 10.2 Å². The third kappa shape index (κ3) is 3.33. The maximum absolute atomic E-state index is 12.5. The molecule has 2 aliphatic heterocycles. The molecule has 110 valence electrons. The van der Waals surface area contributed by atoms with Gasteiger partial charge in [-0.15, -0.1) is 12.4 Å². The summed E-state index contributed by atoms with van der Waals surface area (Å²) in [6.07, 6.45) is 3.12. The van der Waals surface area contributed by atoms with E-state index in [-0.39, 0.29) is 18.3 Å². The van der Waals surface area contributed by atoms with Crippen molar-refractivity contribution in [2.75, 3.05) is 26.2 Å². The molecule has 0 saturated carbocycles. The number of benzene rings is 1. The van der Waals surface area contributed by atoms with Gasteiger partial charge in [-0.3, -0.25) is 4.79 Å². The van der Waals surface area contributed by atoms with Gasteiger partial charge in [0.15, 0.2) is 0 Å². The first kappa shape index (κ1) is 15.3. The van der Waals surface area contributed by atoms with Crippen LogP contribution in [0.1, 0.15) is 30.7 Å². The van der Waals surface area contributed by atoms with Gasteiger partial charge in [-0.25, -0.2) is 0 Å². The lowest BCUT2D eigenvalue weighted by atomic mass is 9.96. The Bertz CT molecular complexity index is 431. The van der Waals surface area contributed by atoms with Crippen LogP contribution in [0.3, 0.4) is 0 Å². The predicted molar refractivity (Wildman–Crippen MR) is 83.2 cm³/mol. The number of nitrogens with one attached hydrogen (secondary N) is 1. The fourth-order valence-corrected chi connectivity index (χ4v) is 3.28. The second kappa shape index (κ2) is 7.09. The van der Waals surface area contributed by atoms with Crippen LogP contribution >= 0.6 is 12.4 Å². The molecule has 1 amide bonds. The van der Waals surface area contributed by atoms with Crippen molar-refractivity contribution < 1.29 is 4.79 Å². The fraction of sp³-hybridized carbons (Fsp3) is 0.562. The van der Waals surface area contributed by atoms with Gasteiger partial charge in [0.25, 0.3) is 0 Å². The Hall–Kier alpha value is -1.06. The number of carbonyl (C=O) groups is 1. The number of nitrogens with zero attached hydrogens (tertiary/aromatic N) is 1. The van der Waals surface area contributed by atoms with Crippen molar-refractivity contribution in [3.05, 3.63) is 35.9 Å². The molecule has 3 rings (SSSR count). The summed E-state index contributed by atoms with van der Waals surface area (Å²) in [4.78, 5) is 14.6. The lowest BCUT2D eigenvalue weighted by Crippen LogP contribution is -2.39. The molecule has 0 aliphatic carbocycles. The van der Waals surface area contributed by atoms with E-state index >= 15 is 0 Å². The largest absolute Gasteiger partial charge is 0.342 e. The highest BCUT2D eigenvalue weighted by molar-refractivity contribution is 5.85. The quantitative estimate of drug-likeness (QED) is 0.908. The van der Waals surface area contributed by atoms with Crippen LogP contribution in [0.15, 0.2) is 30.3 Å². The summed E-state index contributed by atoms with van der Waals surface area (Å²) in [7, 11) is 0. The highest BCUT2D eigenvalue weighted by Crippen LogP contribution is 2.29. The molecular formula is C16H23ClN2O. The van der Waals surface area contributed by atoms with Crippen LogP contribution in [0, 0.1) is 5.92 Å². The third-order valence-corrected chi connectivity index (χ3v) is 4.46. The maximum atomic E-state index is 12.5. The molecule has 1 aromatic carbocycles. The molecule has 1 unspecified atom stereocenters. The fourth-order valence-electron chi connectivity index (χ4n) is 3.28. The first-order valence-corrected chi connectivity index (χ1v) is 7.39. The number of piperidine rings is 1. The summed E-state index contributed by atoms with van der Waals surface area (Å²) in [6.45, 7) is 3.83. The predicted octanol–water partition coefficient (Wildman–Crippen LogP) is 2.42. The second-order valence-electron chi connectivity index (χ2n) is 5.70. The summed E-state index contributed by atoms with van der Waals surface area (Å²) in [6, 6.07) is 10.6. The summed E-state index contributed by atoms with van der Waals surface area (Å²) < 4.78 is 0. The molecule has 20 heavy (non-hydrogen) atoms. The van der Waals surface area contributed by atoms with E-state index in [0.29, 0.717) is 11.8 Å². The van der Waals surface area contributed by atoms with E-state index in [1.54, 1.807) is 0 Å². The molecule has 4 heteroatoms. The Morgan fingerprint density at radius 3 is 2.50 bits per heavy atom. The smallest absolute Gasteiger partial charge is 0.225 e. The van der Waals surface area contributed by atoms with Crippen molar-refractivity contribution in [1.82, 2.24) is 10.2 Å². The van der Waals surface area contributed by atoms with Crippen LogP contribution in [0.25, 0.3) is 0 Å². The summed E-state index contributed by atoms with van der Waals surface area (Å²) >= 11 is 0. The van der Waals surface area contributed by atoms with Crippen LogP contribution in [-0.4, -0.2) is 37.0 Å². The minimum Gasteiger partial charge on any atom is -0.342 e. The van der Waals surface area contributed by atoms with Gasteiger partial charge in [0.1, 0.15) is 0 Å². The van der Waals surface area contributed by atoms with E-state index in [2.05, 4.69) is 40.5 Å². The number of carbonyl (C=O) groups excluding carboxylic acids is 1. The SMILES string of the molecule is Cl.O=C(C1CCNCC1)N1CCC(c2ccccc2)C1. The van der Waals surface area contributed by atoms with Crippen LogP contribution in [0.5, 0.6) is 0 Å². The van der Waals surface area contributed by atoms with Gasteiger partial charge in [0.05, 0.1) is 0 Å². The maximum Gasteiger partial charge on any atom is 0.225 e. The molecule has 1 N–H and O–H groups in total. The average molecular weight is 295 g/mol. The molecule has 2 aliphatic rings. The molecule has 3 nitrogen and oxygen atoms in total. The Balaban J connectivity index is 0.00000147. The minimum absolute atomic E-state index is 0. The molecule has 2 saturated heterocycles. The van der Waals surface area contributed by atoms with E-state index in [4.69, 9.17) is 0 Å². The van der Waals surface area contributed by atoms with Gasteiger partial charge in [-0.05, 0) is 37.9 Å². The number of rotatable bonds is 2. The molecule has 2 heterocycles. The molecule has 1 aromatic rings. The molecule has 0 bridgehead atoms. The van der Waals surface area contributed by atoms with E-state index in [0.717, 1.165) is 45.4 Å². The Morgan fingerprint density at radius 1 is 1.10 bits per heavy atom. The first-order chi connectivity index (χ1) is 9.34. The molecule has 0 radical (unpaired) electrons.